The molecule has 6 nitrogen and oxygen atoms in total. The third-order valence-electron chi connectivity index (χ3n) is 3.52. The molecule has 1 atom stereocenters. The third-order valence-corrected chi connectivity index (χ3v) is 3.52. The van der Waals surface area contributed by atoms with E-state index < -0.39 is 4.92 Å². The number of nitro benzene ring substituents is 1. The highest BCUT2D eigenvalue weighted by Crippen LogP contribution is 2.40. The van der Waals surface area contributed by atoms with Crippen molar-refractivity contribution in [1.29, 1.82) is 0 Å². The first kappa shape index (κ1) is 14.6. The van der Waals surface area contributed by atoms with Crippen molar-refractivity contribution in [2.24, 2.45) is 0 Å². The first-order chi connectivity index (χ1) is 9.69. The van der Waals surface area contributed by atoms with Crippen molar-refractivity contribution in [2.75, 3.05) is 24.7 Å². The lowest BCUT2D eigenvalue weighted by Crippen LogP contribution is -2.32. The molecule has 1 unspecified atom stereocenters. The minimum Gasteiger partial charge on any atom is -0.487 e. The van der Waals surface area contributed by atoms with Crippen LogP contribution in [0.25, 0.3) is 0 Å². The molecule has 1 saturated heterocycles. The van der Waals surface area contributed by atoms with Crippen molar-refractivity contribution < 1.29 is 14.8 Å². The molecule has 0 amide bonds. The molecule has 0 spiro atoms. The number of hydrogen-bond acceptors (Lipinski definition) is 5. The van der Waals surface area contributed by atoms with E-state index >= 15 is 0 Å². The van der Waals surface area contributed by atoms with Gasteiger partial charge in [-0.25, -0.2) is 0 Å². The van der Waals surface area contributed by atoms with Crippen molar-refractivity contribution in [3.63, 3.8) is 0 Å². The van der Waals surface area contributed by atoms with Gasteiger partial charge in [0.25, 0.3) is 0 Å². The fraction of sp³-hybridized carbons (Fsp3) is 0.571. The molecule has 0 bridgehead atoms. The second kappa shape index (κ2) is 6.56. The van der Waals surface area contributed by atoms with E-state index in [1.807, 2.05) is 11.8 Å². The van der Waals surface area contributed by atoms with Crippen LogP contribution in [0.2, 0.25) is 0 Å². The first-order valence-corrected chi connectivity index (χ1v) is 6.96. The number of aliphatic hydroxyl groups excluding tert-OH is 1. The van der Waals surface area contributed by atoms with E-state index in [9.17, 15) is 15.2 Å². The predicted octanol–water partition coefficient (Wildman–Crippen LogP) is 2.34. The third kappa shape index (κ3) is 2.85. The molecular formula is C14H20N2O4. The van der Waals surface area contributed by atoms with Crippen LogP contribution in [-0.4, -0.2) is 35.8 Å². The largest absolute Gasteiger partial charge is 0.487 e. The summed E-state index contributed by atoms with van der Waals surface area (Å²) in [5.74, 6) is 0.304. The SMILES string of the molecule is CCCOc1cccc(N2CCCC2CO)c1[N+](=O)[O-]. The average molecular weight is 280 g/mol. The predicted molar refractivity (Wildman–Crippen MR) is 76.3 cm³/mol. The van der Waals surface area contributed by atoms with Crippen molar-refractivity contribution in [1.82, 2.24) is 0 Å². The summed E-state index contributed by atoms with van der Waals surface area (Å²) >= 11 is 0. The van der Waals surface area contributed by atoms with Crippen molar-refractivity contribution >= 4 is 11.4 Å². The van der Waals surface area contributed by atoms with E-state index in [2.05, 4.69) is 0 Å². The Morgan fingerprint density at radius 1 is 1.55 bits per heavy atom. The minimum atomic E-state index is -0.396. The first-order valence-electron chi connectivity index (χ1n) is 6.96. The Labute approximate surface area is 118 Å². The lowest BCUT2D eigenvalue weighted by Gasteiger charge is -2.25. The van der Waals surface area contributed by atoms with E-state index in [0.29, 0.717) is 18.0 Å². The van der Waals surface area contributed by atoms with Gasteiger partial charge >= 0.3 is 5.69 Å². The molecule has 1 heterocycles. The molecule has 1 aliphatic heterocycles. The number of para-hydroxylation sites is 1. The van der Waals surface area contributed by atoms with Gasteiger partial charge in [-0.15, -0.1) is 0 Å². The molecule has 6 heteroatoms. The van der Waals surface area contributed by atoms with E-state index in [-0.39, 0.29) is 18.3 Å². The maximum Gasteiger partial charge on any atom is 0.333 e. The van der Waals surface area contributed by atoms with Crippen LogP contribution >= 0.6 is 0 Å². The Hall–Kier alpha value is -1.82. The highest BCUT2D eigenvalue weighted by atomic mass is 16.6. The van der Waals surface area contributed by atoms with E-state index in [0.717, 1.165) is 25.8 Å². The standard InChI is InChI=1S/C14H20N2O4/c1-2-9-20-13-7-3-6-12(14(13)16(18)19)15-8-4-5-11(15)10-17/h3,6-7,11,17H,2,4-5,8-10H2,1H3. The van der Waals surface area contributed by atoms with Gasteiger partial charge in [0, 0.05) is 6.54 Å². The summed E-state index contributed by atoms with van der Waals surface area (Å²) in [6.07, 6.45) is 2.58. The molecule has 0 aromatic heterocycles. The molecule has 0 aliphatic carbocycles. The van der Waals surface area contributed by atoms with Gasteiger partial charge in [0.15, 0.2) is 5.75 Å². The summed E-state index contributed by atoms with van der Waals surface area (Å²) < 4.78 is 5.49. The van der Waals surface area contributed by atoms with Crippen LogP contribution in [-0.2, 0) is 0 Å². The molecule has 1 aliphatic rings. The second-order valence-electron chi connectivity index (χ2n) is 4.90. The van der Waals surface area contributed by atoms with Crippen molar-refractivity contribution in [2.45, 2.75) is 32.2 Å². The topological polar surface area (TPSA) is 75.8 Å². The van der Waals surface area contributed by atoms with Gasteiger partial charge in [-0.3, -0.25) is 10.1 Å². The van der Waals surface area contributed by atoms with Gasteiger partial charge in [0.1, 0.15) is 5.69 Å². The zero-order chi connectivity index (χ0) is 14.5. The van der Waals surface area contributed by atoms with Crippen LogP contribution < -0.4 is 9.64 Å². The van der Waals surface area contributed by atoms with Crippen molar-refractivity contribution in [3.05, 3.63) is 28.3 Å². The molecule has 0 saturated carbocycles. The van der Waals surface area contributed by atoms with Crippen LogP contribution in [0.5, 0.6) is 5.75 Å². The molecule has 1 fully saturated rings. The number of ether oxygens (including phenoxy) is 1. The van der Waals surface area contributed by atoms with Gasteiger partial charge in [-0.2, -0.15) is 0 Å². The zero-order valence-corrected chi connectivity index (χ0v) is 11.6. The molecule has 20 heavy (non-hydrogen) atoms. The zero-order valence-electron chi connectivity index (χ0n) is 11.6. The van der Waals surface area contributed by atoms with Gasteiger partial charge < -0.3 is 14.7 Å². The number of rotatable bonds is 6. The number of nitrogens with zero attached hydrogens (tertiary/aromatic N) is 2. The summed E-state index contributed by atoms with van der Waals surface area (Å²) in [4.78, 5) is 12.9. The van der Waals surface area contributed by atoms with Gasteiger partial charge in [-0.1, -0.05) is 13.0 Å². The number of benzene rings is 1. The Morgan fingerprint density at radius 2 is 2.35 bits per heavy atom. The smallest absolute Gasteiger partial charge is 0.333 e. The maximum absolute atomic E-state index is 11.4. The molecule has 2 rings (SSSR count). The summed E-state index contributed by atoms with van der Waals surface area (Å²) in [6.45, 7) is 3.15. The van der Waals surface area contributed by atoms with Gasteiger partial charge in [0.2, 0.25) is 0 Å². The van der Waals surface area contributed by atoms with E-state index in [1.165, 1.54) is 0 Å². The molecular weight excluding hydrogens is 260 g/mol. The molecule has 1 aromatic rings. The lowest BCUT2D eigenvalue weighted by atomic mass is 10.2. The van der Waals surface area contributed by atoms with E-state index in [1.54, 1.807) is 18.2 Å². The highest BCUT2D eigenvalue weighted by Gasteiger charge is 2.31. The van der Waals surface area contributed by atoms with Gasteiger partial charge in [-0.05, 0) is 31.4 Å². The normalized spacial score (nSPS) is 18.3. The minimum absolute atomic E-state index is 0.00120. The van der Waals surface area contributed by atoms with Crippen LogP contribution in [0.1, 0.15) is 26.2 Å². The van der Waals surface area contributed by atoms with Crippen LogP contribution in [0.4, 0.5) is 11.4 Å². The molecule has 1 aromatic carbocycles. The van der Waals surface area contributed by atoms with Crippen LogP contribution in [0.3, 0.4) is 0 Å². The van der Waals surface area contributed by atoms with E-state index in [4.69, 9.17) is 4.74 Å². The Balaban J connectivity index is 2.38. The second-order valence-corrected chi connectivity index (χ2v) is 4.90. The quantitative estimate of drug-likeness (QED) is 0.639. The van der Waals surface area contributed by atoms with Crippen LogP contribution in [0.15, 0.2) is 18.2 Å². The fourth-order valence-electron chi connectivity index (χ4n) is 2.60. The molecule has 1 N–H and O–H groups in total. The average Bonchev–Trinajstić information content (AvgIpc) is 2.92. The van der Waals surface area contributed by atoms with Crippen LogP contribution in [0, 0.1) is 10.1 Å². The fourth-order valence-corrected chi connectivity index (χ4v) is 2.60. The summed E-state index contributed by atoms with van der Waals surface area (Å²) in [7, 11) is 0. The summed E-state index contributed by atoms with van der Waals surface area (Å²) in [6, 6.07) is 5.07. The number of aliphatic hydroxyl groups is 1. The number of anilines is 1. The molecule has 110 valence electrons. The Bertz CT molecular complexity index is 478. The lowest BCUT2D eigenvalue weighted by molar-refractivity contribution is -0.385. The summed E-state index contributed by atoms with van der Waals surface area (Å²) in [5, 5.41) is 20.8. The number of hydrogen-bond donors (Lipinski definition) is 1. The molecule has 0 radical (unpaired) electrons. The maximum atomic E-state index is 11.4. The van der Waals surface area contributed by atoms with Crippen molar-refractivity contribution in [3.8, 4) is 5.75 Å². The number of nitro groups is 1. The Morgan fingerprint density at radius 3 is 3.00 bits per heavy atom. The monoisotopic (exact) mass is 280 g/mol. The Kier molecular flexibility index (Phi) is 4.79. The highest BCUT2D eigenvalue weighted by molar-refractivity contribution is 5.70. The van der Waals surface area contributed by atoms with Gasteiger partial charge in [0.05, 0.1) is 24.2 Å². The summed E-state index contributed by atoms with van der Waals surface area (Å²) in [5.41, 5.74) is 0.543.